The lowest BCUT2D eigenvalue weighted by atomic mass is 10.1. The number of aryl methyl sites for hydroxylation is 1. The first-order valence-corrected chi connectivity index (χ1v) is 13.8. The number of rotatable bonds is 8. The number of nitrogens with one attached hydrogen (secondary N) is 3. The summed E-state index contributed by atoms with van der Waals surface area (Å²) in [7, 11) is -3.81. The van der Waals surface area contributed by atoms with Crippen LogP contribution >= 0.6 is 23.1 Å². The first-order valence-electron chi connectivity index (χ1n) is 10.5. The number of anilines is 2. The Hall–Kier alpha value is -3.88. The van der Waals surface area contributed by atoms with Crippen molar-refractivity contribution in [1.82, 2.24) is 30.4 Å². The average molecular weight is 539 g/mol. The molecular weight excluding hydrogens is 520 g/mol. The monoisotopic (exact) mass is 538 g/mol. The molecule has 0 saturated carbocycles. The molecule has 0 atom stereocenters. The van der Waals surface area contributed by atoms with Crippen molar-refractivity contribution in [3.8, 4) is 0 Å². The average Bonchev–Trinajstić information content (AvgIpc) is 3.52. The molecule has 1 amide bonds. The van der Waals surface area contributed by atoms with Crippen LogP contribution in [0, 0.1) is 6.92 Å². The van der Waals surface area contributed by atoms with E-state index in [1.165, 1.54) is 42.4 Å². The number of sulfonamides is 1. The molecule has 2 aromatic carbocycles. The summed E-state index contributed by atoms with van der Waals surface area (Å²) in [5, 5.41) is 19.7. The van der Waals surface area contributed by atoms with Crippen molar-refractivity contribution in [2.24, 2.45) is 0 Å². The van der Waals surface area contributed by atoms with Crippen molar-refractivity contribution in [3.05, 3.63) is 77.2 Å². The van der Waals surface area contributed by atoms with Crippen LogP contribution in [0.2, 0.25) is 0 Å². The summed E-state index contributed by atoms with van der Waals surface area (Å²) >= 11 is 2.67. The number of amides is 1. The highest BCUT2D eigenvalue weighted by Gasteiger charge is 2.17. The van der Waals surface area contributed by atoms with Gasteiger partial charge in [-0.1, -0.05) is 23.5 Å². The molecule has 14 heteroatoms. The van der Waals surface area contributed by atoms with Crippen LogP contribution in [0.15, 0.2) is 71.0 Å². The molecule has 3 heterocycles. The van der Waals surface area contributed by atoms with Crippen molar-refractivity contribution < 1.29 is 13.2 Å². The normalized spacial score (nSPS) is 11.5. The van der Waals surface area contributed by atoms with E-state index in [-0.39, 0.29) is 15.9 Å². The van der Waals surface area contributed by atoms with E-state index in [1.54, 1.807) is 19.2 Å². The molecule has 0 spiro atoms. The third kappa shape index (κ3) is 5.35. The van der Waals surface area contributed by atoms with Crippen LogP contribution < -0.4 is 10.0 Å². The Morgan fingerprint density at radius 2 is 1.94 bits per heavy atom. The van der Waals surface area contributed by atoms with Crippen molar-refractivity contribution in [1.29, 1.82) is 0 Å². The number of fused-ring (bicyclic) bond motifs is 1. The third-order valence-corrected chi connectivity index (χ3v) is 8.26. The molecule has 3 aromatic heterocycles. The fraction of sp³-hybridized carbons (Fsp3) is 0.0909. The van der Waals surface area contributed by atoms with Gasteiger partial charge in [0.2, 0.25) is 5.13 Å². The maximum atomic E-state index is 12.8. The van der Waals surface area contributed by atoms with E-state index < -0.39 is 10.0 Å². The zero-order valence-electron chi connectivity index (χ0n) is 18.7. The first-order chi connectivity index (χ1) is 17.4. The van der Waals surface area contributed by atoms with Crippen LogP contribution in [0.3, 0.4) is 0 Å². The molecule has 182 valence electrons. The lowest BCUT2D eigenvalue weighted by molar-refractivity contribution is 0.102. The van der Waals surface area contributed by atoms with E-state index in [4.69, 9.17) is 0 Å². The van der Waals surface area contributed by atoms with Gasteiger partial charge in [0, 0.05) is 17.0 Å². The number of benzene rings is 2. The van der Waals surface area contributed by atoms with E-state index in [0.29, 0.717) is 27.7 Å². The first kappa shape index (κ1) is 23.8. The van der Waals surface area contributed by atoms with Gasteiger partial charge in [-0.15, -0.1) is 22.0 Å². The molecule has 11 nitrogen and oxygen atoms in total. The highest BCUT2D eigenvalue weighted by atomic mass is 32.2. The molecule has 3 N–H and O–H groups in total. The van der Waals surface area contributed by atoms with Gasteiger partial charge in [0.1, 0.15) is 16.4 Å². The van der Waals surface area contributed by atoms with Gasteiger partial charge >= 0.3 is 0 Å². The molecule has 0 fully saturated rings. The Labute approximate surface area is 213 Å². The van der Waals surface area contributed by atoms with Gasteiger partial charge in [0.05, 0.1) is 16.5 Å². The van der Waals surface area contributed by atoms with Crippen LogP contribution in [0.4, 0.5) is 10.8 Å². The van der Waals surface area contributed by atoms with Crippen LogP contribution in [0.1, 0.15) is 20.9 Å². The number of carbonyl (C=O) groups excluding carboxylic acids is 1. The van der Waals surface area contributed by atoms with Gasteiger partial charge in [-0.3, -0.25) is 14.6 Å². The summed E-state index contributed by atoms with van der Waals surface area (Å²) < 4.78 is 27.5. The number of hydrogen-bond acceptors (Lipinski definition) is 10. The molecule has 0 saturated heterocycles. The Morgan fingerprint density at radius 3 is 2.72 bits per heavy atom. The topological polar surface area (TPSA) is 156 Å². The summed E-state index contributed by atoms with van der Waals surface area (Å²) in [6.07, 6.45) is 3.17. The van der Waals surface area contributed by atoms with Crippen LogP contribution in [0.25, 0.3) is 11.0 Å². The van der Waals surface area contributed by atoms with E-state index >= 15 is 0 Å². The maximum absolute atomic E-state index is 12.8. The largest absolute Gasteiger partial charge is 0.322 e. The lowest BCUT2D eigenvalue weighted by Crippen LogP contribution is -2.14. The molecule has 0 aliphatic heterocycles. The Bertz CT molecular complexity index is 1650. The van der Waals surface area contributed by atoms with Gasteiger partial charge < -0.3 is 5.32 Å². The van der Waals surface area contributed by atoms with Crippen molar-refractivity contribution in [3.63, 3.8) is 0 Å². The summed E-state index contributed by atoms with van der Waals surface area (Å²) in [5.74, 6) is 0.297. The van der Waals surface area contributed by atoms with E-state index in [0.717, 1.165) is 27.3 Å². The van der Waals surface area contributed by atoms with Crippen molar-refractivity contribution in [2.75, 3.05) is 10.0 Å². The molecule has 5 rings (SSSR count). The number of hydrogen-bond donors (Lipinski definition) is 3. The minimum Gasteiger partial charge on any atom is -0.322 e. The van der Waals surface area contributed by atoms with Crippen LogP contribution in [-0.4, -0.2) is 44.7 Å². The Balaban J connectivity index is 1.23. The maximum Gasteiger partial charge on any atom is 0.263 e. The number of H-pyrrole nitrogens is 1. The zero-order chi connectivity index (χ0) is 25.1. The molecule has 0 aliphatic rings. The highest BCUT2D eigenvalue weighted by Crippen LogP contribution is 2.27. The summed E-state index contributed by atoms with van der Waals surface area (Å²) in [6.45, 7) is 1.73. The Morgan fingerprint density at radius 1 is 1.11 bits per heavy atom. The number of aromatic amines is 1. The van der Waals surface area contributed by atoms with Crippen LogP contribution in [-0.2, 0) is 15.8 Å². The molecule has 5 aromatic rings. The molecule has 36 heavy (non-hydrogen) atoms. The van der Waals surface area contributed by atoms with E-state index in [9.17, 15) is 13.2 Å². The van der Waals surface area contributed by atoms with Crippen LogP contribution in [0.5, 0.6) is 0 Å². The summed E-state index contributed by atoms with van der Waals surface area (Å²) in [6, 6.07) is 13.2. The number of thioether (sulfide) groups is 1. The second-order valence-electron chi connectivity index (χ2n) is 7.51. The minimum atomic E-state index is -3.81. The number of aromatic nitrogens is 6. The van der Waals surface area contributed by atoms with Gasteiger partial charge in [-0.25, -0.2) is 18.4 Å². The van der Waals surface area contributed by atoms with Gasteiger partial charge in [-0.2, -0.15) is 5.10 Å². The number of carbonyl (C=O) groups is 1. The fourth-order valence-corrected chi connectivity index (χ4v) is 5.98. The fourth-order valence-electron chi connectivity index (χ4n) is 3.24. The van der Waals surface area contributed by atoms with Crippen molar-refractivity contribution >= 4 is 60.9 Å². The highest BCUT2D eigenvalue weighted by molar-refractivity contribution is 7.98. The van der Waals surface area contributed by atoms with Crippen molar-refractivity contribution in [2.45, 2.75) is 22.6 Å². The smallest absolute Gasteiger partial charge is 0.263 e. The summed E-state index contributed by atoms with van der Waals surface area (Å²) in [4.78, 5) is 21.3. The predicted molar refractivity (Wildman–Crippen MR) is 138 cm³/mol. The SMILES string of the molecule is Cc1nnc(NS(=O)(=O)c2ccc(NC(=O)c3cccc(CSc4ncnc5[nH]ncc45)c3)cc2)s1. The lowest BCUT2D eigenvalue weighted by Gasteiger charge is -2.09. The quantitative estimate of drug-likeness (QED) is 0.197. The second kappa shape index (κ2) is 10.0. The molecule has 0 bridgehead atoms. The predicted octanol–water partition coefficient (Wildman–Crippen LogP) is 3.86. The molecular formula is C22H18N8O3S3. The number of nitrogens with zero attached hydrogens (tertiary/aromatic N) is 5. The Kier molecular flexibility index (Phi) is 6.63. The van der Waals surface area contributed by atoms with Gasteiger partial charge in [0.15, 0.2) is 5.65 Å². The zero-order valence-corrected chi connectivity index (χ0v) is 21.1. The summed E-state index contributed by atoms with van der Waals surface area (Å²) in [5.41, 5.74) is 2.57. The third-order valence-electron chi connectivity index (χ3n) is 4.95. The van der Waals surface area contributed by atoms with E-state index in [1.807, 2.05) is 18.2 Å². The van der Waals surface area contributed by atoms with E-state index in [2.05, 4.69) is 40.4 Å². The molecule has 0 aliphatic carbocycles. The standard InChI is InChI=1S/C22H18N8O3S3/c1-13-27-29-22(35-13)30-36(32,33)17-7-5-16(6-8-17)26-20(31)15-4-2-3-14(9-15)11-34-21-18-10-25-28-19(18)23-12-24-21/h2-10,12H,11H2,1H3,(H,26,31)(H,29,30)(H,23,24,25,28). The minimum absolute atomic E-state index is 0.0452. The molecule has 0 radical (unpaired) electrons. The molecule has 0 unspecified atom stereocenters. The van der Waals surface area contributed by atoms with Gasteiger partial charge in [0.25, 0.3) is 15.9 Å². The van der Waals surface area contributed by atoms with Gasteiger partial charge in [-0.05, 0) is 48.9 Å². The second-order valence-corrected chi connectivity index (χ2v) is 11.3.